The Morgan fingerprint density at radius 2 is 1.33 bits per heavy atom. The minimum atomic E-state index is 0. The van der Waals surface area contributed by atoms with Crippen LogP contribution < -0.4 is 29.4 Å². The van der Waals surface area contributed by atoms with E-state index in [1.54, 1.807) is 0 Å². The summed E-state index contributed by atoms with van der Waals surface area (Å²) in [5.41, 5.74) is 0. The molecule has 3 heteroatoms. The second-order valence-corrected chi connectivity index (χ2v) is 1.08. The predicted octanol–water partition coefficient (Wildman–Crippen LogP) is -4.89. The van der Waals surface area contributed by atoms with Gasteiger partial charge in [0.2, 0.25) is 0 Å². The Morgan fingerprint density at radius 3 is 1.44 bits per heavy atom. The monoisotopic (exact) mass is 215 g/mol. The molecule has 46 valence electrons. The first kappa shape index (κ1) is 16.4. The molecule has 9 heavy (non-hydrogen) atoms. The molecular weight excluding hydrogens is 212 g/mol. The molecular formula is C6H5BrClMg-. The molecule has 0 nitrogen and oxygen atoms in total. The Hall–Kier alpha value is 0.756. The van der Waals surface area contributed by atoms with Gasteiger partial charge in [-0.2, -0.15) is 36.4 Å². The summed E-state index contributed by atoms with van der Waals surface area (Å²) >= 11 is 0. The number of hydrogen-bond acceptors (Lipinski definition) is 0. The summed E-state index contributed by atoms with van der Waals surface area (Å²) in [6.07, 6.45) is 0. The summed E-state index contributed by atoms with van der Waals surface area (Å²) < 4.78 is 0. The van der Waals surface area contributed by atoms with Crippen molar-refractivity contribution in [1.29, 1.82) is 0 Å². The average molecular weight is 217 g/mol. The molecule has 0 amide bonds. The van der Waals surface area contributed by atoms with Crippen molar-refractivity contribution in [1.82, 2.24) is 0 Å². The fourth-order valence-electron chi connectivity index (χ4n) is 0.342. The Kier molecular flexibility index (Phi) is 21.0. The van der Waals surface area contributed by atoms with Gasteiger partial charge in [-0.05, 0) is 0 Å². The van der Waals surface area contributed by atoms with Gasteiger partial charge in [0, 0.05) is 0 Å². The smallest absolute Gasteiger partial charge is 1.00 e. The van der Waals surface area contributed by atoms with Crippen LogP contribution in [0.4, 0.5) is 0 Å². The Bertz CT molecular complexity index is 85.0. The molecule has 0 aliphatic carbocycles. The van der Waals surface area contributed by atoms with Gasteiger partial charge < -0.3 is 29.4 Å². The first-order valence-electron chi connectivity index (χ1n) is 1.91. The zero-order valence-corrected chi connectivity index (χ0v) is 8.61. The molecule has 0 saturated heterocycles. The van der Waals surface area contributed by atoms with E-state index in [1.165, 1.54) is 0 Å². The van der Waals surface area contributed by atoms with Gasteiger partial charge >= 0.3 is 23.1 Å². The molecule has 0 saturated carbocycles. The second kappa shape index (κ2) is 11.5. The molecule has 0 aliphatic rings. The van der Waals surface area contributed by atoms with E-state index in [9.17, 15) is 0 Å². The quantitative estimate of drug-likeness (QED) is 0.302. The largest absolute Gasteiger partial charge is 2.00 e. The number of halogens is 2. The maximum atomic E-state index is 2.89. The zero-order valence-electron chi connectivity index (χ0n) is 4.85. The molecule has 0 atom stereocenters. The Morgan fingerprint density at radius 1 is 0.889 bits per heavy atom. The molecule has 0 spiro atoms. The second-order valence-electron chi connectivity index (χ2n) is 1.08. The van der Waals surface area contributed by atoms with E-state index in [4.69, 9.17) is 0 Å². The van der Waals surface area contributed by atoms with Gasteiger partial charge in [0.05, 0.1) is 0 Å². The number of hydrogen-bond donors (Lipinski definition) is 0. The van der Waals surface area contributed by atoms with Gasteiger partial charge in [-0.25, -0.2) is 0 Å². The standard InChI is InChI=1S/C6H5.BrH.ClH.Mg/c1-2-4-6-5-3-1;;;/h1-5H;2*1H;/q-1;;;+2/p-2. The van der Waals surface area contributed by atoms with Crippen LogP contribution in [0.2, 0.25) is 0 Å². The maximum absolute atomic E-state index is 2.89. The van der Waals surface area contributed by atoms with E-state index >= 15 is 0 Å². The molecule has 0 aromatic heterocycles. The van der Waals surface area contributed by atoms with Crippen LogP contribution in [-0.2, 0) is 0 Å². The fraction of sp³-hybridized carbons (Fsp3) is 0. The van der Waals surface area contributed by atoms with Crippen LogP contribution >= 0.6 is 0 Å². The van der Waals surface area contributed by atoms with E-state index < -0.39 is 0 Å². The van der Waals surface area contributed by atoms with Crippen LogP contribution in [0.5, 0.6) is 0 Å². The van der Waals surface area contributed by atoms with Gasteiger partial charge in [0.15, 0.2) is 0 Å². The van der Waals surface area contributed by atoms with Crippen LogP contribution in [-0.4, -0.2) is 23.1 Å². The first-order chi connectivity index (χ1) is 3.00. The third-order valence-corrected chi connectivity index (χ3v) is 0.607. The minimum Gasteiger partial charge on any atom is -1.00 e. The van der Waals surface area contributed by atoms with Crippen molar-refractivity contribution in [3.05, 3.63) is 36.4 Å². The predicted molar refractivity (Wildman–Crippen MR) is 31.0 cm³/mol. The van der Waals surface area contributed by atoms with Gasteiger partial charge in [-0.1, -0.05) is 0 Å². The van der Waals surface area contributed by atoms with Gasteiger partial charge in [0.25, 0.3) is 0 Å². The van der Waals surface area contributed by atoms with E-state index in [0.29, 0.717) is 0 Å². The van der Waals surface area contributed by atoms with Crippen molar-refractivity contribution in [2.24, 2.45) is 0 Å². The van der Waals surface area contributed by atoms with Crippen LogP contribution in [0.25, 0.3) is 0 Å². The van der Waals surface area contributed by atoms with E-state index in [2.05, 4.69) is 6.07 Å². The third-order valence-electron chi connectivity index (χ3n) is 0.607. The first-order valence-corrected chi connectivity index (χ1v) is 1.91. The van der Waals surface area contributed by atoms with Gasteiger partial charge in [-0.3, -0.25) is 0 Å². The SMILES string of the molecule is [Br-].[Cl-].[Mg+2].[c-]1ccccc1. The van der Waals surface area contributed by atoms with Crippen LogP contribution in [0.3, 0.4) is 0 Å². The molecule has 0 N–H and O–H groups in total. The normalized spacial score (nSPS) is 5.33. The van der Waals surface area contributed by atoms with Crippen molar-refractivity contribution in [3.63, 3.8) is 0 Å². The van der Waals surface area contributed by atoms with Gasteiger partial charge in [-0.15, -0.1) is 0 Å². The summed E-state index contributed by atoms with van der Waals surface area (Å²) in [7, 11) is 0. The van der Waals surface area contributed by atoms with E-state index in [0.717, 1.165) is 0 Å². The van der Waals surface area contributed by atoms with E-state index in [-0.39, 0.29) is 52.4 Å². The Labute approximate surface area is 88.4 Å². The molecule has 0 aliphatic heterocycles. The van der Waals surface area contributed by atoms with Crippen molar-refractivity contribution in [3.8, 4) is 0 Å². The summed E-state index contributed by atoms with van der Waals surface area (Å²) in [5, 5.41) is 0. The molecule has 1 rings (SSSR count). The third kappa shape index (κ3) is 8.76. The zero-order chi connectivity index (χ0) is 4.24. The number of rotatable bonds is 0. The van der Waals surface area contributed by atoms with E-state index in [1.807, 2.05) is 30.3 Å². The number of benzene rings is 1. The van der Waals surface area contributed by atoms with Crippen LogP contribution in [0.15, 0.2) is 30.3 Å². The Balaban J connectivity index is -0.000000120. The maximum Gasteiger partial charge on any atom is 2.00 e. The summed E-state index contributed by atoms with van der Waals surface area (Å²) in [4.78, 5) is 0. The van der Waals surface area contributed by atoms with Crippen molar-refractivity contribution < 1.29 is 29.4 Å². The minimum absolute atomic E-state index is 0. The van der Waals surface area contributed by atoms with Crippen molar-refractivity contribution >= 4 is 23.1 Å². The molecule has 1 aromatic carbocycles. The molecule has 0 heterocycles. The van der Waals surface area contributed by atoms with Crippen LogP contribution in [0, 0.1) is 6.07 Å². The fourth-order valence-corrected chi connectivity index (χ4v) is 0.342. The summed E-state index contributed by atoms with van der Waals surface area (Å²) in [6.45, 7) is 0. The molecule has 0 bridgehead atoms. The van der Waals surface area contributed by atoms with Crippen molar-refractivity contribution in [2.75, 3.05) is 0 Å². The molecule has 0 fully saturated rings. The summed E-state index contributed by atoms with van der Waals surface area (Å²) in [6, 6.07) is 12.5. The summed E-state index contributed by atoms with van der Waals surface area (Å²) in [5.74, 6) is 0. The molecule has 0 radical (unpaired) electrons. The molecule has 0 unspecified atom stereocenters. The van der Waals surface area contributed by atoms with Gasteiger partial charge in [0.1, 0.15) is 0 Å². The van der Waals surface area contributed by atoms with Crippen LogP contribution in [0.1, 0.15) is 0 Å². The molecule has 1 aromatic rings. The van der Waals surface area contributed by atoms with Crippen molar-refractivity contribution in [2.45, 2.75) is 0 Å². The topological polar surface area (TPSA) is 0 Å². The average Bonchev–Trinajstić information content (AvgIpc) is 1.72.